The zero-order chi connectivity index (χ0) is 32.8. The molecule has 4 unspecified atom stereocenters. The van der Waals surface area contributed by atoms with Crippen molar-refractivity contribution in [2.75, 3.05) is 4.90 Å². The molecule has 50 heavy (non-hydrogen) atoms. The SMILES string of the molecule is C1=CCC2C(=C1)C1(c3ccccc3-c3cc4c(cc31)OC1C=CC=C(N(c3ccccc3)c3cccc5ccccc35)C1O4)c1ccccc12. The van der Waals surface area contributed by atoms with Gasteiger partial charge in [0.2, 0.25) is 0 Å². The lowest BCUT2D eigenvalue weighted by atomic mass is 9.69. The van der Waals surface area contributed by atoms with E-state index in [0.717, 1.165) is 35.0 Å². The van der Waals surface area contributed by atoms with Crippen LogP contribution in [0.4, 0.5) is 11.4 Å². The lowest BCUT2D eigenvalue weighted by Gasteiger charge is -2.40. The topological polar surface area (TPSA) is 21.7 Å². The van der Waals surface area contributed by atoms with Gasteiger partial charge in [-0.2, -0.15) is 0 Å². The molecule has 1 spiro atoms. The van der Waals surface area contributed by atoms with Crippen LogP contribution >= 0.6 is 0 Å². The molecular formula is C47H33NO2. The Balaban J connectivity index is 1.08. The Morgan fingerprint density at radius 3 is 2.34 bits per heavy atom. The molecule has 0 fully saturated rings. The highest BCUT2D eigenvalue weighted by Gasteiger charge is 2.55. The molecule has 0 amide bonds. The Morgan fingerprint density at radius 2 is 1.40 bits per heavy atom. The fourth-order valence-corrected chi connectivity index (χ4v) is 9.43. The number of allylic oxidation sites excluding steroid dienone is 6. The van der Waals surface area contributed by atoms with Gasteiger partial charge in [-0.1, -0.05) is 127 Å². The summed E-state index contributed by atoms with van der Waals surface area (Å²) in [5.74, 6) is 1.94. The molecule has 238 valence electrons. The predicted molar refractivity (Wildman–Crippen MR) is 201 cm³/mol. The number of nitrogens with zero attached hydrogens (tertiary/aromatic N) is 1. The first kappa shape index (κ1) is 27.8. The molecule has 0 saturated carbocycles. The van der Waals surface area contributed by atoms with Crippen LogP contribution in [0.3, 0.4) is 0 Å². The van der Waals surface area contributed by atoms with Crippen molar-refractivity contribution in [2.45, 2.75) is 30.0 Å². The first-order valence-corrected chi connectivity index (χ1v) is 17.6. The molecule has 4 atom stereocenters. The summed E-state index contributed by atoms with van der Waals surface area (Å²) in [5, 5.41) is 2.38. The zero-order valence-electron chi connectivity index (χ0n) is 27.4. The van der Waals surface area contributed by atoms with Gasteiger partial charge < -0.3 is 14.4 Å². The van der Waals surface area contributed by atoms with Crippen molar-refractivity contribution >= 4 is 22.1 Å². The van der Waals surface area contributed by atoms with Crippen LogP contribution in [0.2, 0.25) is 0 Å². The summed E-state index contributed by atoms with van der Waals surface area (Å²) in [5.41, 5.74) is 12.3. The van der Waals surface area contributed by atoms with E-state index >= 15 is 0 Å². The molecular weight excluding hydrogens is 611 g/mol. The first-order chi connectivity index (χ1) is 24.8. The van der Waals surface area contributed by atoms with Gasteiger partial charge in [0.05, 0.1) is 16.8 Å². The summed E-state index contributed by atoms with van der Waals surface area (Å²) in [6, 6.07) is 48.3. The number of para-hydroxylation sites is 1. The number of benzene rings is 6. The summed E-state index contributed by atoms with van der Waals surface area (Å²) in [6.45, 7) is 0. The minimum atomic E-state index is -0.362. The van der Waals surface area contributed by atoms with E-state index in [4.69, 9.17) is 9.47 Å². The molecule has 4 aliphatic carbocycles. The van der Waals surface area contributed by atoms with Crippen LogP contribution in [0.15, 0.2) is 181 Å². The summed E-state index contributed by atoms with van der Waals surface area (Å²) >= 11 is 0. The van der Waals surface area contributed by atoms with E-state index in [9.17, 15) is 0 Å². The molecule has 5 aliphatic rings. The van der Waals surface area contributed by atoms with Gasteiger partial charge >= 0.3 is 0 Å². The second kappa shape index (κ2) is 10.5. The van der Waals surface area contributed by atoms with E-state index in [-0.39, 0.29) is 17.6 Å². The molecule has 0 bridgehead atoms. The minimum Gasteiger partial charge on any atom is -0.478 e. The highest BCUT2D eigenvalue weighted by atomic mass is 16.6. The van der Waals surface area contributed by atoms with Crippen LogP contribution in [0.1, 0.15) is 34.6 Å². The molecule has 0 saturated heterocycles. The fraction of sp³-hybridized carbons (Fsp3) is 0.106. The number of hydrogen-bond donors (Lipinski definition) is 0. The third-order valence-corrected chi connectivity index (χ3v) is 11.4. The fourth-order valence-electron chi connectivity index (χ4n) is 9.43. The van der Waals surface area contributed by atoms with Crippen molar-refractivity contribution in [3.8, 4) is 22.6 Å². The highest BCUT2D eigenvalue weighted by molar-refractivity contribution is 5.97. The van der Waals surface area contributed by atoms with Crippen LogP contribution in [0, 0.1) is 0 Å². The molecule has 6 aromatic rings. The Labute approximate surface area is 291 Å². The van der Waals surface area contributed by atoms with E-state index < -0.39 is 0 Å². The molecule has 0 N–H and O–H groups in total. The van der Waals surface area contributed by atoms with Gasteiger partial charge in [0.25, 0.3) is 0 Å². The maximum atomic E-state index is 7.14. The molecule has 1 heterocycles. The molecule has 3 nitrogen and oxygen atoms in total. The Bertz CT molecular complexity index is 2500. The average molecular weight is 644 g/mol. The van der Waals surface area contributed by atoms with Crippen molar-refractivity contribution < 1.29 is 9.47 Å². The Hall–Kier alpha value is -6.06. The quantitative estimate of drug-likeness (QED) is 0.192. The van der Waals surface area contributed by atoms with Crippen molar-refractivity contribution in [1.29, 1.82) is 0 Å². The minimum absolute atomic E-state index is 0.290. The van der Waals surface area contributed by atoms with Gasteiger partial charge in [-0.05, 0) is 93.2 Å². The lowest BCUT2D eigenvalue weighted by Crippen LogP contribution is -2.45. The smallest absolute Gasteiger partial charge is 0.179 e. The van der Waals surface area contributed by atoms with Crippen LogP contribution in [0.25, 0.3) is 21.9 Å². The summed E-state index contributed by atoms with van der Waals surface area (Å²) in [7, 11) is 0. The standard InChI is InChI=1S/C47H33NO2/c1-2-16-31(17-3-1)48(41-25-12-15-30-14-4-5-18-32(30)41)42-26-13-27-43-46(42)50-44-28-36-35-21-8-11-24-39(35)47(40(36)29-45(44)49-43)37-22-9-6-19-33(37)34-20-7-10-23-38(34)47/h1-19,21-29,34,43,46H,20H2. The molecule has 0 aromatic heterocycles. The number of anilines is 2. The van der Waals surface area contributed by atoms with Crippen LogP contribution in [0.5, 0.6) is 11.5 Å². The van der Waals surface area contributed by atoms with Crippen molar-refractivity contribution in [3.63, 3.8) is 0 Å². The van der Waals surface area contributed by atoms with Gasteiger partial charge in [0.15, 0.2) is 23.7 Å². The summed E-state index contributed by atoms with van der Waals surface area (Å²) in [4.78, 5) is 2.34. The molecule has 1 aliphatic heterocycles. The van der Waals surface area contributed by atoms with Gasteiger partial charge in [-0.25, -0.2) is 0 Å². The number of hydrogen-bond acceptors (Lipinski definition) is 3. The second-order valence-electron chi connectivity index (χ2n) is 13.8. The monoisotopic (exact) mass is 643 g/mol. The maximum absolute atomic E-state index is 7.14. The van der Waals surface area contributed by atoms with Gasteiger partial charge in [-0.15, -0.1) is 0 Å². The second-order valence-corrected chi connectivity index (χ2v) is 13.8. The third-order valence-electron chi connectivity index (χ3n) is 11.4. The first-order valence-electron chi connectivity index (χ1n) is 17.6. The summed E-state index contributed by atoms with van der Waals surface area (Å²) in [6.07, 6.45) is 13.7. The maximum Gasteiger partial charge on any atom is 0.179 e. The largest absolute Gasteiger partial charge is 0.478 e. The third kappa shape index (κ3) is 3.69. The van der Waals surface area contributed by atoms with E-state index in [1.165, 1.54) is 49.7 Å². The van der Waals surface area contributed by atoms with Crippen molar-refractivity contribution in [3.05, 3.63) is 203 Å². The van der Waals surface area contributed by atoms with Crippen molar-refractivity contribution in [1.82, 2.24) is 0 Å². The van der Waals surface area contributed by atoms with E-state index in [0.29, 0.717) is 5.92 Å². The molecule has 3 heteroatoms. The molecule has 0 radical (unpaired) electrons. The molecule has 11 rings (SSSR count). The van der Waals surface area contributed by atoms with E-state index in [1.807, 2.05) is 0 Å². The lowest BCUT2D eigenvalue weighted by molar-refractivity contribution is 0.0675. The van der Waals surface area contributed by atoms with Gasteiger partial charge in [0.1, 0.15) is 0 Å². The highest BCUT2D eigenvalue weighted by Crippen LogP contribution is 2.66. The zero-order valence-corrected chi connectivity index (χ0v) is 27.4. The molecule has 6 aromatic carbocycles. The van der Waals surface area contributed by atoms with Gasteiger partial charge in [0, 0.05) is 17.0 Å². The normalized spacial score (nSPS) is 23.0. The van der Waals surface area contributed by atoms with E-state index in [1.54, 1.807) is 0 Å². The number of rotatable bonds is 3. The van der Waals surface area contributed by atoms with Gasteiger partial charge in [-0.3, -0.25) is 0 Å². The predicted octanol–water partition coefficient (Wildman–Crippen LogP) is 10.9. The number of fused-ring (bicyclic) bond motifs is 13. The van der Waals surface area contributed by atoms with Crippen LogP contribution in [-0.4, -0.2) is 12.2 Å². The van der Waals surface area contributed by atoms with Crippen LogP contribution < -0.4 is 14.4 Å². The summed E-state index contributed by atoms with van der Waals surface area (Å²) < 4.78 is 14.2. The Morgan fingerprint density at radius 1 is 0.620 bits per heavy atom. The van der Waals surface area contributed by atoms with E-state index in [2.05, 4.69) is 175 Å². The Kier molecular flexibility index (Phi) is 5.83. The number of ether oxygens (including phenoxy) is 2. The van der Waals surface area contributed by atoms with Crippen molar-refractivity contribution in [2.24, 2.45) is 0 Å². The average Bonchev–Trinajstić information content (AvgIpc) is 3.64. The van der Waals surface area contributed by atoms with Crippen LogP contribution in [-0.2, 0) is 5.41 Å².